The summed E-state index contributed by atoms with van der Waals surface area (Å²) in [6, 6.07) is -1.08. The molecule has 0 aromatic carbocycles. The molecule has 1 atom stereocenters. The van der Waals surface area contributed by atoms with Gasteiger partial charge in [0.2, 0.25) is 0 Å². The Morgan fingerprint density at radius 2 is 2.42 bits per heavy atom. The summed E-state index contributed by atoms with van der Waals surface area (Å²) in [5.74, 6) is -1.10. The number of carbonyl (C=O) groups is 1. The maximum atomic E-state index is 10.5. The number of hydrogen-bond donors (Lipinski definition) is 3. The first-order valence-corrected chi connectivity index (χ1v) is 3.54. The molecular weight excluding hydrogens is 160 g/mol. The smallest absolute Gasteiger partial charge is 0.326 e. The van der Waals surface area contributed by atoms with Crippen molar-refractivity contribution in [2.24, 2.45) is 5.73 Å². The van der Waals surface area contributed by atoms with Crippen LogP contribution in [0.5, 0.6) is 0 Å². The molecule has 6 heteroatoms. The predicted octanol–water partition coefficient (Wildman–Crippen LogP) is -0.548. The number of carboxylic acid groups (broad SMARTS) is 1. The van der Waals surface area contributed by atoms with E-state index in [1.807, 2.05) is 6.92 Å². The van der Waals surface area contributed by atoms with E-state index in [1.165, 1.54) is 0 Å². The molecule has 0 saturated heterocycles. The molecule has 0 amide bonds. The minimum Gasteiger partial charge on any atom is -0.480 e. The lowest BCUT2D eigenvalue weighted by Gasteiger charge is -2.02. The molecule has 0 fully saturated rings. The standard InChI is InChI=1S/C6H10N4O2/c1-2-3-5(9-10-8-3)4(7)6(11)12/h4H,2,7H2,1H3,(H,11,12)(H,8,9,10). The number of carboxylic acids is 1. The van der Waals surface area contributed by atoms with Gasteiger partial charge in [-0.05, 0) is 6.42 Å². The van der Waals surface area contributed by atoms with E-state index >= 15 is 0 Å². The van der Waals surface area contributed by atoms with E-state index in [1.54, 1.807) is 0 Å². The summed E-state index contributed by atoms with van der Waals surface area (Å²) in [5.41, 5.74) is 6.25. The van der Waals surface area contributed by atoms with Gasteiger partial charge in [0.05, 0.1) is 5.69 Å². The second-order valence-corrected chi connectivity index (χ2v) is 2.33. The number of H-pyrrole nitrogens is 1. The molecule has 1 rings (SSSR count). The summed E-state index contributed by atoms with van der Waals surface area (Å²) < 4.78 is 0. The Morgan fingerprint density at radius 1 is 1.75 bits per heavy atom. The number of aromatic amines is 1. The second-order valence-electron chi connectivity index (χ2n) is 2.33. The Hall–Kier alpha value is -1.43. The van der Waals surface area contributed by atoms with Gasteiger partial charge in [0.25, 0.3) is 0 Å². The number of aryl methyl sites for hydroxylation is 1. The van der Waals surface area contributed by atoms with E-state index in [9.17, 15) is 4.79 Å². The monoisotopic (exact) mass is 170 g/mol. The molecule has 0 aliphatic carbocycles. The van der Waals surface area contributed by atoms with Crippen LogP contribution in [0, 0.1) is 0 Å². The first-order chi connectivity index (χ1) is 5.66. The number of aliphatic carboxylic acids is 1. The van der Waals surface area contributed by atoms with Crippen molar-refractivity contribution >= 4 is 5.97 Å². The Labute approximate surface area is 68.8 Å². The number of rotatable bonds is 3. The van der Waals surface area contributed by atoms with Crippen LogP contribution in [0.4, 0.5) is 0 Å². The Kier molecular flexibility index (Phi) is 2.39. The molecule has 12 heavy (non-hydrogen) atoms. The second kappa shape index (κ2) is 3.31. The zero-order valence-corrected chi connectivity index (χ0v) is 6.61. The predicted molar refractivity (Wildman–Crippen MR) is 40.3 cm³/mol. The van der Waals surface area contributed by atoms with Gasteiger partial charge in [-0.3, -0.25) is 4.79 Å². The molecule has 1 unspecified atom stereocenters. The van der Waals surface area contributed by atoms with E-state index in [4.69, 9.17) is 10.8 Å². The van der Waals surface area contributed by atoms with Gasteiger partial charge in [-0.1, -0.05) is 6.92 Å². The van der Waals surface area contributed by atoms with Gasteiger partial charge < -0.3 is 10.8 Å². The van der Waals surface area contributed by atoms with Crippen LogP contribution in [-0.2, 0) is 11.2 Å². The molecule has 0 saturated carbocycles. The van der Waals surface area contributed by atoms with Crippen molar-refractivity contribution in [2.75, 3.05) is 0 Å². The van der Waals surface area contributed by atoms with Crippen LogP contribution < -0.4 is 5.73 Å². The molecule has 6 nitrogen and oxygen atoms in total. The van der Waals surface area contributed by atoms with Crippen LogP contribution >= 0.6 is 0 Å². The number of nitrogens with zero attached hydrogens (tertiary/aromatic N) is 2. The van der Waals surface area contributed by atoms with Crippen molar-refractivity contribution in [1.29, 1.82) is 0 Å². The average molecular weight is 170 g/mol. The Balaban J connectivity index is 2.93. The summed E-state index contributed by atoms with van der Waals surface area (Å²) in [5, 5.41) is 18.3. The van der Waals surface area contributed by atoms with Crippen LogP contribution in [0.3, 0.4) is 0 Å². The zero-order valence-electron chi connectivity index (χ0n) is 6.61. The van der Waals surface area contributed by atoms with Gasteiger partial charge in [0, 0.05) is 0 Å². The van der Waals surface area contributed by atoms with Crippen molar-refractivity contribution in [3.05, 3.63) is 11.4 Å². The molecule has 0 aliphatic rings. The average Bonchev–Trinajstić information content (AvgIpc) is 2.49. The minimum absolute atomic E-state index is 0.310. The number of hydrogen-bond acceptors (Lipinski definition) is 4. The fourth-order valence-electron chi connectivity index (χ4n) is 0.887. The molecule has 0 spiro atoms. The summed E-state index contributed by atoms with van der Waals surface area (Å²) >= 11 is 0. The lowest BCUT2D eigenvalue weighted by Crippen LogP contribution is -2.22. The number of nitrogens with two attached hydrogens (primary N) is 1. The molecule has 0 aliphatic heterocycles. The van der Waals surface area contributed by atoms with Crippen LogP contribution in [0.1, 0.15) is 24.4 Å². The van der Waals surface area contributed by atoms with Gasteiger partial charge in [-0.15, -0.1) is 0 Å². The highest BCUT2D eigenvalue weighted by Gasteiger charge is 2.20. The molecule has 1 heterocycles. The summed E-state index contributed by atoms with van der Waals surface area (Å²) in [6.45, 7) is 1.86. The van der Waals surface area contributed by atoms with E-state index in [0.717, 1.165) is 0 Å². The number of aromatic nitrogens is 3. The summed E-state index contributed by atoms with van der Waals surface area (Å²) in [6.07, 6.45) is 0.618. The van der Waals surface area contributed by atoms with Crippen LogP contribution in [0.25, 0.3) is 0 Å². The first kappa shape index (κ1) is 8.66. The van der Waals surface area contributed by atoms with Crippen molar-refractivity contribution in [2.45, 2.75) is 19.4 Å². The molecular formula is C6H10N4O2. The largest absolute Gasteiger partial charge is 0.480 e. The number of nitrogens with one attached hydrogen (secondary N) is 1. The fourth-order valence-corrected chi connectivity index (χ4v) is 0.887. The molecule has 1 aromatic heterocycles. The lowest BCUT2D eigenvalue weighted by molar-refractivity contribution is -0.138. The highest BCUT2D eigenvalue weighted by atomic mass is 16.4. The third-order valence-electron chi connectivity index (χ3n) is 1.55. The van der Waals surface area contributed by atoms with Crippen molar-refractivity contribution in [3.63, 3.8) is 0 Å². The molecule has 4 N–H and O–H groups in total. The van der Waals surface area contributed by atoms with Crippen molar-refractivity contribution < 1.29 is 9.90 Å². The highest BCUT2D eigenvalue weighted by Crippen LogP contribution is 2.10. The van der Waals surface area contributed by atoms with E-state index in [0.29, 0.717) is 17.8 Å². The van der Waals surface area contributed by atoms with Crippen molar-refractivity contribution in [1.82, 2.24) is 15.4 Å². The zero-order chi connectivity index (χ0) is 9.14. The first-order valence-electron chi connectivity index (χ1n) is 3.54. The summed E-state index contributed by atoms with van der Waals surface area (Å²) in [4.78, 5) is 10.5. The third kappa shape index (κ3) is 1.42. The maximum absolute atomic E-state index is 10.5. The van der Waals surface area contributed by atoms with Gasteiger partial charge in [0.1, 0.15) is 11.7 Å². The summed E-state index contributed by atoms with van der Waals surface area (Å²) in [7, 11) is 0. The highest BCUT2D eigenvalue weighted by molar-refractivity contribution is 5.74. The lowest BCUT2D eigenvalue weighted by atomic mass is 10.1. The van der Waals surface area contributed by atoms with Crippen LogP contribution in [0.15, 0.2) is 0 Å². The minimum atomic E-state index is -1.10. The Bertz CT molecular complexity index is 283. The van der Waals surface area contributed by atoms with Gasteiger partial charge in [0.15, 0.2) is 0 Å². The Morgan fingerprint density at radius 3 is 2.92 bits per heavy atom. The van der Waals surface area contributed by atoms with Gasteiger partial charge >= 0.3 is 5.97 Å². The third-order valence-corrected chi connectivity index (χ3v) is 1.55. The molecule has 1 aromatic rings. The van der Waals surface area contributed by atoms with Gasteiger partial charge in [-0.2, -0.15) is 15.4 Å². The van der Waals surface area contributed by atoms with Gasteiger partial charge in [-0.25, -0.2) is 0 Å². The van der Waals surface area contributed by atoms with Crippen molar-refractivity contribution in [3.8, 4) is 0 Å². The van der Waals surface area contributed by atoms with Crippen LogP contribution in [-0.4, -0.2) is 26.5 Å². The molecule has 66 valence electrons. The molecule has 0 radical (unpaired) electrons. The maximum Gasteiger partial charge on any atom is 0.326 e. The van der Waals surface area contributed by atoms with Crippen LogP contribution in [0.2, 0.25) is 0 Å². The van der Waals surface area contributed by atoms with E-state index < -0.39 is 12.0 Å². The van der Waals surface area contributed by atoms with E-state index in [2.05, 4.69) is 15.4 Å². The molecule has 0 bridgehead atoms. The SMILES string of the molecule is CCc1n[nH]nc1C(N)C(=O)O. The topological polar surface area (TPSA) is 105 Å². The normalized spacial score (nSPS) is 12.8. The van der Waals surface area contributed by atoms with E-state index in [-0.39, 0.29) is 0 Å². The quantitative estimate of drug-likeness (QED) is 0.564. The fraction of sp³-hybridized carbons (Fsp3) is 0.500.